The van der Waals surface area contributed by atoms with Gasteiger partial charge in [0.15, 0.2) is 11.6 Å². The molecule has 1 unspecified atom stereocenters. The number of nitrogens with zero attached hydrogens (tertiary/aromatic N) is 2. The molecule has 7 heteroatoms. The van der Waals surface area contributed by atoms with Gasteiger partial charge in [0.1, 0.15) is 11.2 Å². The first-order valence-corrected chi connectivity index (χ1v) is 9.02. The van der Waals surface area contributed by atoms with Gasteiger partial charge in [-0.25, -0.2) is 9.37 Å². The Labute approximate surface area is 152 Å². The lowest BCUT2D eigenvalue weighted by Crippen LogP contribution is -2.35. The van der Waals surface area contributed by atoms with Gasteiger partial charge in [0.2, 0.25) is 0 Å². The highest BCUT2D eigenvalue weighted by Crippen LogP contribution is 2.35. The standard InChI is InChI=1S/C18H23ClFN3O2/c1-3-25-16(24)9-15(11(2)12-6-4-5-7-12)22-18-14(20)8-13(10-21)17(19)23-18/h8,11-12,15H,3-7,9H2,1-2H3,(H,22,23)/t11?,15-/m1/s1. The van der Waals surface area contributed by atoms with Gasteiger partial charge in [-0.2, -0.15) is 5.26 Å². The Balaban J connectivity index is 2.21. The number of pyridine rings is 1. The summed E-state index contributed by atoms with van der Waals surface area (Å²) in [6.07, 6.45) is 4.69. The van der Waals surface area contributed by atoms with Gasteiger partial charge in [-0.05, 0) is 24.8 Å². The molecule has 1 aliphatic rings. The number of nitriles is 1. The number of rotatable bonds is 7. The zero-order chi connectivity index (χ0) is 18.4. The molecule has 136 valence electrons. The van der Waals surface area contributed by atoms with Crippen LogP contribution in [-0.2, 0) is 9.53 Å². The Kier molecular flexibility index (Phi) is 7.01. The van der Waals surface area contributed by atoms with Crippen molar-refractivity contribution in [1.82, 2.24) is 4.98 Å². The van der Waals surface area contributed by atoms with Gasteiger partial charge < -0.3 is 10.1 Å². The van der Waals surface area contributed by atoms with Crippen LogP contribution in [-0.4, -0.2) is 23.6 Å². The van der Waals surface area contributed by atoms with E-state index in [0.29, 0.717) is 12.5 Å². The number of halogens is 2. The number of ether oxygens (including phenoxy) is 1. The molecule has 0 radical (unpaired) electrons. The Hall–Kier alpha value is -1.87. The molecular formula is C18H23ClFN3O2. The second kappa shape index (κ2) is 9.00. The molecule has 1 heterocycles. The van der Waals surface area contributed by atoms with Crippen LogP contribution >= 0.6 is 11.6 Å². The van der Waals surface area contributed by atoms with Crippen molar-refractivity contribution in [3.63, 3.8) is 0 Å². The van der Waals surface area contributed by atoms with E-state index in [9.17, 15) is 9.18 Å². The SMILES string of the molecule is CCOC(=O)C[C@@H](Nc1nc(Cl)c(C#N)cc1F)C(C)C1CCCC1. The van der Waals surface area contributed by atoms with Crippen molar-refractivity contribution >= 4 is 23.4 Å². The summed E-state index contributed by atoms with van der Waals surface area (Å²) in [6.45, 7) is 4.12. The number of nitrogens with one attached hydrogen (secondary N) is 1. The third-order valence-corrected chi connectivity index (χ3v) is 5.13. The van der Waals surface area contributed by atoms with Crippen molar-refractivity contribution in [2.24, 2.45) is 11.8 Å². The second-order valence-corrected chi connectivity index (χ2v) is 6.79. The lowest BCUT2D eigenvalue weighted by molar-refractivity contribution is -0.143. The first-order valence-electron chi connectivity index (χ1n) is 8.64. The zero-order valence-electron chi connectivity index (χ0n) is 14.5. The maximum Gasteiger partial charge on any atom is 0.307 e. The van der Waals surface area contributed by atoms with Crippen LogP contribution in [0.4, 0.5) is 10.2 Å². The largest absolute Gasteiger partial charge is 0.466 e. The molecule has 1 N–H and O–H groups in total. The van der Waals surface area contributed by atoms with Crippen LogP contribution in [0, 0.1) is 29.0 Å². The first-order chi connectivity index (χ1) is 12.0. The Morgan fingerprint density at radius 2 is 2.24 bits per heavy atom. The van der Waals surface area contributed by atoms with Crippen LogP contribution in [0.2, 0.25) is 5.15 Å². The normalized spacial score (nSPS) is 16.9. The highest BCUT2D eigenvalue weighted by Gasteiger charge is 2.31. The predicted molar refractivity (Wildman–Crippen MR) is 93.7 cm³/mol. The van der Waals surface area contributed by atoms with Crippen LogP contribution < -0.4 is 5.32 Å². The summed E-state index contributed by atoms with van der Waals surface area (Å²) in [5, 5.41) is 11.9. The number of hydrogen-bond acceptors (Lipinski definition) is 5. The molecule has 1 aromatic heterocycles. The number of carbonyl (C=O) groups is 1. The highest BCUT2D eigenvalue weighted by molar-refractivity contribution is 6.30. The fraction of sp³-hybridized carbons (Fsp3) is 0.611. The summed E-state index contributed by atoms with van der Waals surface area (Å²) < 4.78 is 19.3. The molecule has 2 atom stereocenters. The smallest absolute Gasteiger partial charge is 0.307 e. The van der Waals surface area contributed by atoms with Crippen LogP contribution in [0.1, 0.15) is 51.5 Å². The van der Waals surface area contributed by atoms with Crippen molar-refractivity contribution in [2.75, 3.05) is 11.9 Å². The maximum absolute atomic E-state index is 14.3. The quantitative estimate of drug-likeness (QED) is 0.574. The average molecular weight is 368 g/mol. The van der Waals surface area contributed by atoms with Crippen molar-refractivity contribution in [2.45, 2.75) is 52.0 Å². The van der Waals surface area contributed by atoms with E-state index in [1.54, 1.807) is 13.0 Å². The number of hydrogen-bond donors (Lipinski definition) is 1. The van der Waals surface area contributed by atoms with E-state index < -0.39 is 5.82 Å². The summed E-state index contributed by atoms with van der Waals surface area (Å²) >= 11 is 5.92. The van der Waals surface area contributed by atoms with Gasteiger partial charge in [-0.1, -0.05) is 44.2 Å². The first kappa shape index (κ1) is 19.5. The second-order valence-electron chi connectivity index (χ2n) is 6.43. The highest BCUT2D eigenvalue weighted by atomic mass is 35.5. The molecule has 0 spiro atoms. The van der Waals surface area contributed by atoms with E-state index in [2.05, 4.69) is 17.2 Å². The summed E-state index contributed by atoms with van der Waals surface area (Å²) in [7, 11) is 0. The molecule has 25 heavy (non-hydrogen) atoms. The predicted octanol–water partition coefficient (Wildman–Crippen LogP) is 4.31. The third-order valence-electron chi connectivity index (χ3n) is 4.84. The molecule has 0 aromatic carbocycles. The fourth-order valence-electron chi connectivity index (χ4n) is 3.40. The van der Waals surface area contributed by atoms with E-state index in [4.69, 9.17) is 21.6 Å². The van der Waals surface area contributed by atoms with Gasteiger partial charge in [0.25, 0.3) is 0 Å². The lowest BCUT2D eigenvalue weighted by atomic mass is 9.85. The summed E-state index contributed by atoms with van der Waals surface area (Å²) in [6, 6.07) is 2.54. The van der Waals surface area contributed by atoms with Gasteiger partial charge >= 0.3 is 5.97 Å². The molecule has 1 aromatic rings. The van der Waals surface area contributed by atoms with Crippen LogP contribution in [0.25, 0.3) is 0 Å². The molecule has 0 bridgehead atoms. The molecule has 0 amide bonds. The van der Waals surface area contributed by atoms with Crippen LogP contribution in [0.3, 0.4) is 0 Å². The average Bonchev–Trinajstić information content (AvgIpc) is 3.11. The monoisotopic (exact) mass is 367 g/mol. The molecule has 0 aliphatic heterocycles. The number of aromatic nitrogens is 1. The Morgan fingerprint density at radius 1 is 1.56 bits per heavy atom. The van der Waals surface area contributed by atoms with Crippen molar-refractivity contribution in [1.29, 1.82) is 5.26 Å². The van der Waals surface area contributed by atoms with E-state index in [-0.39, 0.29) is 40.9 Å². The van der Waals surface area contributed by atoms with Crippen molar-refractivity contribution in [3.05, 3.63) is 22.6 Å². The van der Waals surface area contributed by atoms with Gasteiger partial charge in [-0.3, -0.25) is 4.79 Å². The lowest BCUT2D eigenvalue weighted by Gasteiger charge is -2.29. The van der Waals surface area contributed by atoms with Crippen LogP contribution in [0.15, 0.2) is 6.07 Å². The summed E-state index contributed by atoms with van der Waals surface area (Å²) in [5.41, 5.74) is -0.0181. The number of carbonyl (C=O) groups excluding carboxylic acids is 1. The topological polar surface area (TPSA) is 75.0 Å². The zero-order valence-corrected chi connectivity index (χ0v) is 15.3. The van der Waals surface area contributed by atoms with E-state index in [1.165, 1.54) is 12.8 Å². The van der Waals surface area contributed by atoms with Gasteiger partial charge in [0.05, 0.1) is 18.6 Å². The van der Waals surface area contributed by atoms with Crippen molar-refractivity contribution in [3.8, 4) is 6.07 Å². The van der Waals surface area contributed by atoms with E-state index in [1.807, 2.05) is 0 Å². The molecule has 5 nitrogen and oxygen atoms in total. The number of anilines is 1. The molecule has 1 aliphatic carbocycles. The van der Waals surface area contributed by atoms with Gasteiger partial charge in [-0.15, -0.1) is 0 Å². The molecule has 2 rings (SSSR count). The number of esters is 1. The summed E-state index contributed by atoms with van der Waals surface area (Å²) in [4.78, 5) is 15.9. The fourth-order valence-corrected chi connectivity index (χ4v) is 3.58. The maximum atomic E-state index is 14.3. The Morgan fingerprint density at radius 3 is 2.84 bits per heavy atom. The van der Waals surface area contributed by atoms with E-state index in [0.717, 1.165) is 18.9 Å². The molecular weight excluding hydrogens is 345 g/mol. The van der Waals surface area contributed by atoms with Crippen molar-refractivity contribution < 1.29 is 13.9 Å². The van der Waals surface area contributed by atoms with E-state index >= 15 is 0 Å². The third kappa shape index (κ3) is 5.05. The molecule has 1 saturated carbocycles. The van der Waals surface area contributed by atoms with Gasteiger partial charge in [0, 0.05) is 6.04 Å². The minimum Gasteiger partial charge on any atom is -0.466 e. The molecule has 0 saturated heterocycles. The minimum absolute atomic E-state index is 0.0181. The Bertz CT molecular complexity index is 656. The minimum atomic E-state index is -0.659. The molecule has 1 fully saturated rings. The van der Waals surface area contributed by atoms with Crippen LogP contribution in [0.5, 0.6) is 0 Å². The summed E-state index contributed by atoms with van der Waals surface area (Å²) in [5.74, 6) is -0.395.